The Morgan fingerprint density at radius 1 is 1.47 bits per heavy atom. The lowest BCUT2D eigenvalue weighted by Crippen LogP contribution is -2.20. The third-order valence-electron chi connectivity index (χ3n) is 2.09. The van der Waals surface area contributed by atoms with Crippen molar-refractivity contribution in [1.82, 2.24) is 15.0 Å². The predicted molar refractivity (Wildman–Crippen MR) is 64.7 cm³/mol. The van der Waals surface area contributed by atoms with Gasteiger partial charge in [-0.25, -0.2) is 0 Å². The molecule has 0 radical (unpaired) electrons. The van der Waals surface area contributed by atoms with Crippen molar-refractivity contribution in [3.63, 3.8) is 0 Å². The Kier molecular flexibility index (Phi) is 3.43. The van der Waals surface area contributed by atoms with Gasteiger partial charge in [0.05, 0.1) is 6.26 Å². The van der Waals surface area contributed by atoms with Gasteiger partial charge in [-0.2, -0.15) is 15.0 Å². The number of nitrogens with one attached hydrogen (secondary N) is 1. The average Bonchev–Trinajstić information content (AvgIpc) is 2.67. The van der Waals surface area contributed by atoms with E-state index in [1.165, 1.54) is 0 Å². The van der Waals surface area contributed by atoms with Crippen LogP contribution in [-0.2, 0) is 6.42 Å². The fourth-order valence-corrected chi connectivity index (χ4v) is 1.60. The molecule has 0 saturated heterocycles. The first-order valence-electron chi connectivity index (χ1n) is 5.09. The molecule has 1 atom stereocenters. The summed E-state index contributed by atoms with van der Waals surface area (Å²) in [6.45, 7) is 1.98. The third kappa shape index (κ3) is 3.32. The SMILES string of the molecule is CC(Cc1ccco1)Nc1nc(N)nc(Cl)n1. The Labute approximate surface area is 103 Å². The van der Waals surface area contributed by atoms with E-state index in [0.29, 0.717) is 5.95 Å². The summed E-state index contributed by atoms with van der Waals surface area (Å²) in [5.41, 5.74) is 5.47. The van der Waals surface area contributed by atoms with Crippen molar-refractivity contribution in [3.8, 4) is 0 Å². The number of halogens is 1. The van der Waals surface area contributed by atoms with Gasteiger partial charge < -0.3 is 15.5 Å². The van der Waals surface area contributed by atoms with Gasteiger partial charge in [0.15, 0.2) is 0 Å². The van der Waals surface area contributed by atoms with Gasteiger partial charge in [-0.3, -0.25) is 0 Å². The Morgan fingerprint density at radius 2 is 2.29 bits per heavy atom. The second-order valence-corrected chi connectivity index (χ2v) is 3.95. The number of rotatable bonds is 4. The molecular weight excluding hydrogens is 242 g/mol. The van der Waals surface area contributed by atoms with Crippen molar-refractivity contribution in [2.24, 2.45) is 0 Å². The topological polar surface area (TPSA) is 89.9 Å². The summed E-state index contributed by atoms with van der Waals surface area (Å²) in [6, 6.07) is 3.85. The number of hydrogen-bond donors (Lipinski definition) is 2. The summed E-state index contributed by atoms with van der Waals surface area (Å²) in [5, 5.41) is 3.15. The molecule has 17 heavy (non-hydrogen) atoms. The molecule has 7 heteroatoms. The molecule has 3 N–H and O–H groups in total. The smallest absolute Gasteiger partial charge is 0.229 e. The second-order valence-electron chi connectivity index (χ2n) is 3.62. The van der Waals surface area contributed by atoms with Crippen LogP contribution in [0.25, 0.3) is 0 Å². The first kappa shape index (κ1) is 11.7. The molecule has 2 heterocycles. The van der Waals surface area contributed by atoms with Gasteiger partial charge in [-0.1, -0.05) is 0 Å². The lowest BCUT2D eigenvalue weighted by Gasteiger charge is -2.12. The zero-order valence-electron chi connectivity index (χ0n) is 9.22. The molecule has 0 saturated carbocycles. The van der Waals surface area contributed by atoms with E-state index in [-0.39, 0.29) is 17.3 Å². The molecule has 0 bridgehead atoms. The number of hydrogen-bond acceptors (Lipinski definition) is 6. The van der Waals surface area contributed by atoms with Gasteiger partial charge in [0.2, 0.25) is 17.2 Å². The molecular formula is C10H12ClN5O. The largest absolute Gasteiger partial charge is 0.469 e. The van der Waals surface area contributed by atoms with Crippen LogP contribution in [0.15, 0.2) is 22.8 Å². The number of nitrogen functional groups attached to an aromatic ring is 1. The first-order chi connectivity index (χ1) is 8.13. The van der Waals surface area contributed by atoms with Crippen molar-refractivity contribution >= 4 is 23.5 Å². The minimum Gasteiger partial charge on any atom is -0.469 e. The molecule has 0 amide bonds. The Balaban J connectivity index is 2.00. The van der Waals surface area contributed by atoms with E-state index in [1.54, 1.807) is 6.26 Å². The van der Waals surface area contributed by atoms with Crippen LogP contribution in [0.4, 0.5) is 11.9 Å². The summed E-state index contributed by atoms with van der Waals surface area (Å²) >= 11 is 5.68. The summed E-state index contributed by atoms with van der Waals surface area (Å²) in [4.78, 5) is 11.5. The van der Waals surface area contributed by atoms with E-state index in [4.69, 9.17) is 21.8 Å². The van der Waals surface area contributed by atoms with Crippen LogP contribution in [0.5, 0.6) is 0 Å². The number of furan rings is 1. The highest BCUT2D eigenvalue weighted by Gasteiger charge is 2.08. The highest BCUT2D eigenvalue weighted by atomic mass is 35.5. The van der Waals surface area contributed by atoms with E-state index in [1.807, 2.05) is 19.1 Å². The van der Waals surface area contributed by atoms with Gasteiger partial charge in [0.1, 0.15) is 5.76 Å². The van der Waals surface area contributed by atoms with Crippen molar-refractivity contribution in [2.75, 3.05) is 11.1 Å². The van der Waals surface area contributed by atoms with Crippen molar-refractivity contribution in [1.29, 1.82) is 0 Å². The van der Waals surface area contributed by atoms with Crippen LogP contribution in [0.1, 0.15) is 12.7 Å². The highest BCUT2D eigenvalue weighted by Crippen LogP contribution is 2.10. The second kappa shape index (κ2) is 5.01. The molecule has 0 aromatic carbocycles. The van der Waals surface area contributed by atoms with E-state index in [0.717, 1.165) is 12.2 Å². The molecule has 2 rings (SSSR count). The molecule has 2 aromatic heterocycles. The number of nitrogens with two attached hydrogens (primary N) is 1. The van der Waals surface area contributed by atoms with Crippen LogP contribution in [0, 0.1) is 0 Å². The normalized spacial score (nSPS) is 12.4. The van der Waals surface area contributed by atoms with E-state index < -0.39 is 0 Å². The Bertz CT molecular complexity index is 467. The highest BCUT2D eigenvalue weighted by molar-refractivity contribution is 6.28. The molecule has 1 unspecified atom stereocenters. The van der Waals surface area contributed by atoms with Gasteiger partial charge >= 0.3 is 0 Å². The molecule has 0 aliphatic heterocycles. The van der Waals surface area contributed by atoms with Crippen LogP contribution in [0.3, 0.4) is 0 Å². The molecule has 0 fully saturated rings. The summed E-state index contributed by atoms with van der Waals surface area (Å²) in [6.07, 6.45) is 2.36. The lowest BCUT2D eigenvalue weighted by atomic mass is 10.2. The number of nitrogens with zero attached hydrogens (tertiary/aromatic N) is 3. The van der Waals surface area contributed by atoms with Gasteiger partial charge in [0.25, 0.3) is 0 Å². The number of aromatic nitrogens is 3. The summed E-state index contributed by atoms with van der Waals surface area (Å²) in [5.74, 6) is 1.34. The van der Waals surface area contributed by atoms with Gasteiger partial charge in [0, 0.05) is 12.5 Å². The van der Waals surface area contributed by atoms with E-state index >= 15 is 0 Å². The molecule has 0 aliphatic rings. The van der Waals surface area contributed by atoms with Gasteiger partial charge in [-0.05, 0) is 30.7 Å². The maximum absolute atomic E-state index is 5.68. The zero-order valence-corrected chi connectivity index (χ0v) is 9.98. The van der Waals surface area contributed by atoms with Crippen molar-refractivity contribution in [2.45, 2.75) is 19.4 Å². The Morgan fingerprint density at radius 3 is 2.94 bits per heavy atom. The lowest BCUT2D eigenvalue weighted by molar-refractivity contribution is 0.497. The predicted octanol–water partition coefficient (Wildman–Crippen LogP) is 1.74. The minimum absolute atomic E-state index is 0.0743. The maximum Gasteiger partial charge on any atom is 0.229 e. The fourth-order valence-electron chi connectivity index (χ4n) is 1.43. The van der Waals surface area contributed by atoms with Gasteiger partial charge in [-0.15, -0.1) is 0 Å². The van der Waals surface area contributed by atoms with Crippen LogP contribution >= 0.6 is 11.6 Å². The van der Waals surface area contributed by atoms with E-state index in [9.17, 15) is 0 Å². The number of anilines is 2. The molecule has 90 valence electrons. The minimum atomic E-state index is 0.0743. The third-order valence-corrected chi connectivity index (χ3v) is 2.26. The molecule has 0 spiro atoms. The summed E-state index contributed by atoms with van der Waals surface area (Å²) < 4.78 is 5.25. The molecule has 0 aliphatic carbocycles. The van der Waals surface area contributed by atoms with Crippen molar-refractivity contribution < 1.29 is 4.42 Å². The first-order valence-corrected chi connectivity index (χ1v) is 5.47. The van der Waals surface area contributed by atoms with Crippen LogP contribution < -0.4 is 11.1 Å². The summed E-state index contributed by atoms with van der Waals surface area (Å²) in [7, 11) is 0. The molecule has 6 nitrogen and oxygen atoms in total. The average molecular weight is 254 g/mol. The quantitative estimate of drug-likeness (QED) is 0.863. The maximum atomic E-state index is 5.68. The fraction of sp³-hybridized carbons (Fsp3) is 0.300. The van der Waals surface area contributed by atoms with Crippen LogP contribution in [0.2, 0.25) is 5.28 Å². The van der Waals surface area contributed by atoms with Crippen molar-refractivity contribution in [3.05, 3.63) is 29.4 Å². The van der Waals surface area contributed by atoms with Crippen LogP contribution in [-0.4, -0.2) is 21.0 Å². The Hall–Kier alpha value is -1.82. The standard InChI is InChI=1S/C10H12ClN5O/c1-6(5-7-3-2-4-17-7)13-10-15-8(11)14-9(12)16-10/h2-4,6H,5H2,1H3,(H3,12,13,14,15,16). The van der Waals surface area contributed by atoms with E-state index in [2.05, 4.69) is 20.3 Å². The molecule has 2 aromatic rings. The zero-order chi connectivity index (χ0) is 12.3. The monoisotopic (exact) mass is 253 g/mol.